The van der Waals surface area contributed by atoms with Crippen LogP contribution in [-0.2, 0) is 0 Å². The molecule has 158 valence electrons. The van der Waals surface area contributed by atoms with Gasteiger partial charge in [-0.3, -0.25) is 0 Å². The van der Waals surface area contributed by atoms with Crippen LogP contribution in [0.3, 0.4) is 0 Å². The van der Waals surface area contributed by atoms with Gasteiger partial charge in [-0.15, -0.1) is 0 Å². The Morgan fingerprint density at radius 2 is 1.76 bits per heavy atom. The van der Waals surface area contributed by atoms with Gasteiger partial charge in [0.1, 0.15) is 5.82 Å². The molecule has 2 aromatic carbocycles. The molecule has 0 bridgehead atoms. The molecule has 2 aromatic rings. The molecular weight excluding hydrogens is 386 g/mol. The Labute approximate surface area is 179 Å². The molecule has 0 radical (unpaired) electrons. The van der Waals surface area contributed by atoms with Gasteiger partial charge < -0.3 is 0 Å². The van der Waals surface area contributed by atoms with Crippen molar-refractivity contribution in [2.45, 2.75) is 83.5 Å². The fraction of sp³-hybridized carbons (Fsp3) is 0.615. The second-order valence-corrected chi connectivity index (χ2v) is 9.87. The Balaban J connectivity index is 1.44. The third-order valence-electron chi connectivity index (χ3n) is 7.65. The summed E-state index contributed by atoms with van der Waals surface area (Å²) < 4.78 is 29.0. The van der Waals surface area contributed by atoms with E-state index in [0.717, 1.165) is 36.2 Å². The maximum Gasteiger partial charge on any atom is 0.152 e. The van der Waals surface area contributed by atoms with Gasteiger partial charge >= 0.3 is 0 Å². The highest BCUT2D eigenvalue weighted by atomic mass is 35.5. The van der Waals surface area contributed by atoms with Gasteiger partial charge in [0.25, 0.3) is 0 Å². The highest BCUT2D eigenvalue weighted by Gasteiger charge is 2.36. The molecule has 2 unspecified atom stereocenters. The first-order chi connectivity index (χ1) is 14.1. The van der Waals surface area contributed by atoms with Crippen LogP contribution in [-0.4, -0.2) is 0 Å². The molecule has 0 saturated heterocycles. The van der Waals surface area contributed by atoms with E-state index >= 15 is 0 Å². The van der Waals surface area contributed by atoms with E-state index in [2.05, 4.69) is 6.92 Å². The molecule has 4 atom stereocenters. The van der Waals surface area contributed by atoms with Crippen molar-refractivity contribution in [1.82, 2.24) is 0 Å². The third kappa shape index (κ3) is 4.48. The lowest BCUT2D eigenvalue weighted by Crippen LogP contribution is -2.30. The predicted octanol–water partition coefficient (Wildman–Crippen LogP) is 9.04. The molecule has 0 aromatic heterocycles. The van der Waals surface area contributed by atoms with Crippen molar-refractivity contribution in [3.8, 4) is 0 Å². The molecule has 0 spiro atoms. The van der Waals surface area contributed by atoms with Crippen LogP contribution in [0.15, 0.2) is 24.3 Å². The zero-order valence-electron chi connectivity index (χ0n) is 17.5. The topological polar surface area (TPSA) is 0 Å². The third-order valence-corrected chi connectivity index (χ3v) is 8.03. The van der Waals surface area contributed by atoms with E-state index in [1.165, 1.54) is 63.9 Å². The first-order valence-corrected chi connectivity index (χ1v) is 12.0. The van der Waals surface area contributed by atoms with Crippen LogP contribution in [0.1, 0.15) is 89.0 Å². The van der Waals surface area contributed by atoms with Gasteiger partial charge in [0.2, 0.25) is 0 Å². The molecule has 29 heavy (non-hydrogen) atoms. The fourth-order valence-corrected chi connectivity index (χ4v) is 6.35. The molecule has 0 amide bonds. The molecule has 2 fully saturated rings. The van der Waals surface area contributed by atoms with Crippen molar-refractivity contribution in [2.24, 2.45) is 17.8 Å². The molecule has 2 aliphatic carbocycles. The number of fused-ring (bicyclic) bond motifs is 2. The molecular formula is C26H33ClF2. The number of hydrogen-bond acceptors (Lipinski definition) is 0. The van der Waals surface area contributed by atoms with Crippen LogP contribution < -0.4 is 0 Å². The van der Waals surface area contributed by atoms with Crippen LogP contribution in [0.25, 0.3) is 10.8 Å². The number of rotatable bonds is 6. The molecule has 0 heterocycles. The summed E-state index contributed by atoms with van der Waals surface area (Å²) in [6.45, 7) is 2.27. The molecule has 2 aliphatic rings. The number of unbranched alkanes of at least 4 members (excludes halogenated alkanes) is 3. The first kappa shape index (κ1) is 21.1. The van der Waals surface area contributed by atoms with Gasteiger partial charge in [0.15, 0.2) is 5.82 Å². The maximum absolute atomic E-state index is 14.9. The van der Waals surface area contributed by atoms with Gasteiger partial charge in [-0.2, -0.15) is 0 Å². The van der Waals surface area contributed by atoms with E-state index < -0.39 is 11.6 Å². The van der Waals surface area contributed by atoms with Gasteiger partial charge in [0.05, 0.1) is 10.4 Å². The average molecular weight is 419 g/mol. The summed E-state index contributed by atoms with van der Waals surface area (Å²) >= 11 is 6.42. The first-order valence-electron chi connectivity index (χ1n) is 11.6. The molecule has 0 N–H and O–H groups in total. The van der Waals surface area contributed by atoms with Crippen LogP contribution in [0, 0.1) is 29.4 Å². The summed E-state index contributed by atoms with van der Waals surface area (Å²) in [5, 5.41) is 0.786. The molecule has 0 nitrogen and oxygen atoms in total. The predicted molar refractivity (Wildman–Crippen MR) is 119 cm³/mol. The number of halogens is 3. The van der Waals surface area contributed by atoms with Crippen molar-refractivity contribution in [1.29, 1.82) is 0 Å². The molecule has 0 aliphatic heterocycles. The lowest BCUT2D eigenvalue weighted by molar-refractivity contribution is 0.113. The Morgan fingerprint density at radius 3 is 2.59 bits per heavy atom. The Morgan fingerprint density at radius 1 is 0.966 bits per heavy atom. The van der Waals surface area contributed by atoms with Gasteiger partial charge in [-0.05, 0) is 78.9 Å². The van der Waals surface area contributed by atoms with Crippen LogP contribution in [0.4, 0.5) is 8.78 Å². The second kappa shape index (κ2) is 9.33. The summed E-state index contributed by atoms with van der Waals surface area (Å²) in [7, 11) is 0. The van der Waals surface area contributed by atoms with E-state index in [9.17, 15) is 8.78 Å². The minimum atomic E-state index is -0.588. The van der Waals surface area contributed by atoms with Crippen molar-refractivity contribution in [2.75, 3.05) is 0 Å². The molecule has 2 saturated carbocycles. The highest BCUT2D eigenvalue weighted by molar-refractivity contribution is 6.32. The Hall–Kier alpha value is -1.15. The SMILES string of the molecule is CCCCCC[C@@H]1CC[C@@H]2CC(c3cc4cccc(F)c4c(F)c3Cl)CCC2C1. The molecule has 4 rings (SSSR count). The Kier molecular flexibility index (Phi) is 6.79. The summed E-state index contributed by atoms with van der Waals surface area (Å²) in [6.07, 6.45) is 14.3. The monoisotopic (exact) mass is 418 g/mol. The lowest BCUT2D eigenvalue weighted by Gasteiger charge is -2.42. The van der Waals surface area contributed by atoms with Crippen LogP contribution in [0.2, 0.25) is 5.02 Å². The zero-order valence-corrected chi connectivity index (χ0v) is 18.3. The quantitative estimate of drug-likeness (QED) is 0.410. The molecule has 3 heteroatoms. The Bertz CT molecular complexity index is 846. The van der Waals surface area contributed by atoms with Gasteiger partial charge in [-0.25, -0.2) is 8.78 Å². The van der Waals surface area contributed by atoms with E-state index in [4.69, 9.17) is 11.6 Å². The van der Waals surface area contributed by atoms with E-state index in [1.807, 2.05) is 6.07 Å². The van der Waals surface area contributed by atoms with Crippen molar-refractivity contribution in [3.63, 3.8) is 0 Å². The summed E-state index contributed by atoms with van der Waals surface area (Å²) in [5.41, 5.74) is 0.891. The van der Waals surface area contributed by atoms with Gasteiger partial charge in [-0.1, -0.05) is 69.2 Å². The lowest BCUT2D eigenvalue weighted by atomic mass is 9.63. The van der Waals surface area contributed by atoms with Crippen LogP contribution >= 0.6 is 11.6 Å². The zero-order chi connectivity index (χ0) is 20.4. The highest BCUT2D eigenvalue weighted by Crippen LogP contribution is 2.50. The number of benzene rings is 2. The second-order valence-electron chi connectivity index (χ2n) is 9.49. The van der Waals surface area contributed by atoms with E-state index in [0.29, 0.717) is 11.3 Å². The van der Waals surface area contributed by atoms with Crippen molar-refractivity contribution < 1.29 is 8.78 Å². The smallest absolute Gasteiger partial charge is 0.152 e. The summed E-state index contributed by atoms with van der Waals surface area (Å²) in [5.74, 6) is 1.66. The average Bonchev–Trinajstić information content (AvgIpc) is 2.73. The summed E-state index contributed by atoms with van der Waals surface area (Å²) in [4.78, 5) is 0. The van der Waals surface area contributed by atoms with E-state index in [1.54, 1.807) is 12.1 Å². The standard InChI is InChI=1S/C26H33ClF2/c1-2-3-4-5-7-17-10-11-19-15-20(13-12-18(19)14-17)22-16-21-8-6-9-23(28)24(21)26(29)25(22)27/h6,8-9,16-20H,2-5,7,10-15H2,1H3/t17-,18?,19-,20?/m1/s1. The van der Waals surface area contributed by atoms with Crippen LogP contribution in [0.5, 0.6) is 0 Å². The fourth-order valence-electron chi connectivity index (χ4n) is 6.05. The number of hydrogen-bond donors (Lipinski definition) is 0. The van der Waals surface area contributed by atoms with E-state index in [-0.39, 0.29) is 10.4 Å². The van der Waals surface area contributed by atoms with Gasteiger partial charge in [0, 0.05) is 0 Å². The van der Waals surface area contributed by atoms with Crippen molar-refractivity contribution >= 4 is 22.4 Å². The summed E-state index contributed by atoms with van der Waals surface area (Å²) in [6, 6.07) is 6.67. The maximum atomic E-state index is 14.9. The minimum absolute atomic E-state index is 0.0264. The minimum Gasteiger partial charge on any atom is -0.206 e. The normalized spacial score (nSPS) is 27.2. The largest absolute Gasteiger partial charge is 0.206 e. The van der Waals surface area contributed by atoms with Crippen molar-refractivity contribution in [3.05, 3.63) is 46.5 Å².